The number of carbonyl (C=O) groups is 2. The predicted octanol–water partition coefficient (Wildman–Crippen LogP) is 4.66. The maximum absolute atomic E-state index is 13.9. The first-order valence-electron chi connectivity index (χ1n) is 13.6. The zero-order valence-corrected chi connectivity index (χ0v) is 24.4. The fourth-order valence-electron chi connectivity index (χ4n) is 4.16. The van der Waals surface area contributed by atoms with E-state index in [0.717, 1.165) is 16.3 Å². The maximum atomic E-state index is 13.9. The molecule has 0 spiro atoms. The van der Waals surface area contributed by atoms with Gasteiger partial charge in [-0.1, -0.05) is 55.5 Å². The molecule has 8 nitrogen and oxygen atoms in total. The quantitative estimate of drug-likeness (QED) is 0.307. The van der Waals surface area contributed by atoms with Crippen molar-refractivity contribution in [2.75, 3.05) is 24.0 Å². The number of carbonyl (C=O) groups excluding carboxylic acids is 2. The molecule has 0 saturated heterocycles. The molecule has 0 saturated carbocycles. The highest BCUT2D eigenvalue weighted by Gasteiger charge is 2.32. The molecule has 214 valence electrons. The molecule has 0 aliphatic rings. The van der Waals surface area contributed by atoms with Gasteiger partial charge in [0.15, 0.2) is 0 Å². The van der Waals surface area contributed by atoms with Crippen LogP contribution in [0.3, 0.4) is 0 Å². The Morgan fingerprint density at radius 1 is 0.875 bits per heavy atom. The second-order valence-electron chi connectivity index (χ2n) is 9.57. The molecule has 0 radical (unpaired) electrons. The number of amides is 2. The molecule has 0 fully saturated rings. The van der Waals surface area contributed by atoms with Gasteiger partial charge in [0.1, 0.15) is 18.3 Å². The van der Waals surface area contributed by atoms with Crippen LogP contribution >= 0.6 is 0 Å². The van der Waals surface area contributed by atoms with Crippen molar-refractivity contribution in [1.82, 2.24) is 10.2 Å². The highest BCUT2D eigenvalue weighted by Crippen LogP contribution is 2.26. The topological polar surface area (TPSA) is 96.0 Å². The van der Waals surface area contributed by atoms with E-state index in [4.69, 9.17) is 4.74 Å². The molecule has 9 heteroatoms. The molecule has 40 heavy (non-hydrogen) atoms. The lowest BCUT2D eigenvalue weighted by atomic mass is 10.1. The van der Waals surface area contributed by atoms with Gasteiger partial charge in [0, 0.05) is 12.6 Å². The summed E-state index contributed by atoms with van der Waals surface area (Å²) in [6.45, 7) is 7.66. The molecule has 1 N–H and O–H groups in total. The molecule has 3 aromatic carbocycles. The molecule has 3 aromatic rings. The van der Waals surface area contributed by atoms with Crippen LogP contribution in [-0.4, -0.2) is 56.9 Å². The Morgan fingerprint density at radius 2 is 1.48 bits per heavy atom. The summed E-state index contributed by atoms with van der Waals surface area (Å²) in [5.74, 6) is -0.167. The third-order valence-corrected chi connectivity index (χ3v) is 8.49. The Hall–Kier alpha value is -3.85. The van der Waals surface area contributed by atoms with Crippen molar-refractivity contribution in [3.63, 3.8) is 0 Å². The average Bonchev–Trinajstić information content (AvgIpc) is 2.97. The van der Waals surface area contributed by atoms with Gasteiger partial charge in [-0.2, -0.15) is 0 Å². The molecule has 0 unspecified atom stereocenters. The van der Waals surface area contributed by atoms with Gasteiger partial charge in [0.05, 0.1) is 17.2 Å². The van der Waals surface area contributed by atoms with Gasteiger partial charge >= 0.3 is 0 Å². The van der Waals surface area contributed by atoms with Gasteiger partial charge in [-0.15, -0.1) is 0 Å². The van der Waals surface area contributed by atoms with Crippen LogP contribution < -0.4 is 14.4 Å². The highest BCUT2D eigenvalue weighted by molar-refractivity contribution is 7.92. The predicted molar refractivity (Wildman–Crippen MR) is 158 cm³/mol. The Morgan fingerprint density at radius 3 is 2.05 bits per heavy atom. The smallest absolute Gasteiger partial charge is 0.264 e. The van der Waals surface area contributed by atoms with Crippen molar-refractivity contribution < 1.29 is 22.7 Å². The molecule has 3 rings (SSSR count). The molecule has 0 aliphatic carbocycles. The monoisotopic (exact) mass is 565 g/mol. The van der Waals surface area contributed by atoms with Crippen molar-refractivity contribution in [2.24, 2.45) is 0 Å². The van der Waals surface area contributed by atoms with Crippen molar-refractivity contribution >= 4 is 27.5 Å². The fourth-order valence-corrected chi connectivity index (χ4v) is 5.59. The molecule has 2 amide bonds. The molecular weight excluding hydrogens is 526 g/mol. The lowest BCUT2D eigenvalue weighted by Crippen LogP contribution is -2.53. The molecule has 0 heterocycles. The number of nitrogens with zero attached hydrogens (tertiary/aromatic N) is 2. The number of benzene rings is 3. The van der Waals surface area contributed by atoms with Gasteiger partial charge < -0.3 is 15.0 Å². The molecule has 0 aliphatic heterocycles. The summed E-state index contributed by atoms with van der Waals surface area (Å²) in [6.07, 6.45) is 1.26. The number of anilines is 1. The average molecular weight is 566 g/mol. The van der Waals surface area contributed by atoms with E-state index in [1.807, 2.05) is 51.1 Å². The van der Waals surface area contributed by atoms with Crippen molar-refractivity contribution in [2.45, 2.75) is 57.5 Å². The number of sulfonamides is 1. The summed E-state index contributed by atoms with van der Waals surface area (Å²) in [6, 6.07) is 23.4. The second kappa shape index (κ2) is 14.5. The lowest BCUT2D eigenvalue weighted by molar-refractivity contribution is -0.139. The Kier molecular flexibility index (Phi) is 11.1. The van der Waals surface area contributed by atoms with E-state index >= 15 is 0 Å². The van der Waals surface area contributed by atoms with Crippen molar-refractivity contribution in [3.8, 4) is 5.75 Å². The summed E-state index contributed by atoms with van der Waals surface area (Å²) in [5, 5.41) is 2.94. The van der Waals surface area contributed by atoms with E-state index in [0.29, 0.717) is 24.5 Å². The third-order valence-electron chi connectivity index (χ3n) is 6.70. The number of ether oxygens (including phenoxy) is 1. The zero-order valence-electron chi connectivity index (χ0n) is 23.6. The van der Waals surface area contributed by atoms with Crippen LogP contribution in [-0.2, 0) is 26.0 Å². The summed E-state index contributed by atoms with van der Waals surface area (Å²) in [4.78, 5) is 28.5. The molecule has 2 atom stereocenters. The van der Waals surface area contributed by atoms with E-state index in [1.54, 1.807) is 49.4 Å². The Balaban J connectivity index is 1.96. The van der Waals surface area contributed by atoms with Crippen LogP contribution in [0.4, 0.5) is 5.69 Å². The summed E-state index contributed by atoms with van der Waals surface area (Å²) in [7, 11) is -4.10. The minimum Gasteiger partial charge on any atom is -0.494 e. The van der Waals surface area contributed by atoms with Crippen LogP contribution in [0.1, 0.15) is 39.7 Å². The number of rotatable bonds is 14. The van der Waals surface area contributed by atoms with E-state index in [9.17, 15) is 18.0 Å². The van der Waals surface area contributed by atoms with E-state index in [2.05, 4.69) is 5.32 Å². The van der Waals surface area contributed by atoms with Gasteiger partial charge in [0.25, 0.3) is 10.0 Å². The van der Waals surface area contributed by atoms with E-state index in [-0.39, 0.29) is 23.4 Å². The number of hydrogen-bond donors (Lipinski definition) is 1. The van der Waals surface area contributed by atoms with Crippen LogP contribution in [0.15, 0.2) is 89.8 Å². The first kappa shape index (κ1) is 30.7. The Labute approximate surface area is 238 Å². The highest BCUT2D eigenvalue weighted by atomic mass is 32.2. The molecular formula is C31H39N3O5S. The minimum absolute atomic E-state index is 0.0557. The SMILES string of the molecule is CCOc1ccc(N(CC(=O)N(CCc2ccccc2)[C@@H](C)C(=O)N[C@@H](C)CC)S(=O)(=O)c2ccccc2)cc1. The van der Waals surface area contributed by atoms with E-state index < -0.39 is 28.5 Å². The minimum atomic E-state index is -4.10. The van der Waals surface area contributed by atoms with Crippen LogP contribution in [0, 0.1) is 0 Å². The van der Waals surface area contributed by atoms with Crippen molar-refractivity contribution in [3.05, 3.63) is 90.5 Å². The normalized spacial score (nSPS) is 12.7. The molecule has 0 bridgehead atoms. The van der Waals surface area contributed by atoms with Crippen molar-refractivity contribution in [1.29, 1.82) is 0 Å². The number of hydrogen-bond acceptors (Lipinski definition) is 5. The first-order valence-corrected chi connectivity index (χ1v) is 15.1. The molecule has 0 aromatic heterocycles. The fraction of sp³-hybridized carbons (Fsp3) is 0.355. The van der Waals surface area contributed by atoms with Gasteiger partial charge in [-0.05, 0) is 75.6 Å². The lowest BCUT2D eigenvalue weighted by Gasteiger charge is -2.32. The van der Waals surface area contributed by atoms with E-state index in [1.165, 1.54) is 17.0 Å². The van der Waals surface area contributed by atoms with Crippen LogP contribution in [0.25, 0.3) is 0 Å². The third kappa shape index (κ3) is 8.08. The largest absolute Gasteiger partial charge is 0.494 e. The summed E-state index contributed by atoms with van der Waals surface area (Å²) in [5.41, 5.74) is 1.33. The van der Waals surface area contributed by atoms with Gasteiger partial charge in [0.2, 0.25) is 11.8 Å². The van der Waals surface area contributed by atoms with Gasteiger partial charge in [-0.25, -0.2) is 8.42 Å². The Bertz CT molecular complexity index is 1330. The standard InChI is InChI=1S/C31H39N3O5S/c1-5-24(3)32-31(36)25(4)33(22-21-26-13-9-7-10-14-26)30(35)23-34(27-17-19-28(20-18-27)39-6-2)40(37,38)29-15-11-8-12-16-29/h7-20,24-25H,5-6,21-23H2,1-4H3,(H,32,36)/t24-,25-/m0/s1. The van der Waals surface area contributed by atoms with Crippen LogP contribution in [0.5, 0.6) is 5.75 Å². The van der Waals surface area contributed by atoms with Crippen LogP contribution in [0.2, 0.25) is 0 Å². The van der Waals surface area contributed by atoms with Gasteiger partial charge in [-0.3, -0.25) is 13.9 Å². The maximum Gasteiger partial charge on any atom is 0.264 e. The zero-order chi connectivity index (χ0) is 29.1. The first-order chi connectivity index (χ1) is 19.2. The number of nitrogens with one attached hydrogen (secondary N) is 1. The second-order valence-corrected chi connectivity index (χ2v) is 11.4. The summed E-state index contributed by atoms with van der Waals surface area (Å²) < 4.78 is 34.2. The summed E-state index contributed by atoms with van der Waals surface area (Å²) >= 11 is 0.